The van der Waals surface area contributed by atoms with Crippen LogP contribution < -0.4 is 20.8 Å². The summed E-state index contributed by atoms with van der Waals surface area (Å²) in [7, 11) is 1.35. The van der Waals surface area contributed by atoms with E-state index in [2.05, 4.69) is 37.1 Å². The van der Waals surface area contributed by atoms with Gasteiger partial charge in [0, 0.05) is 17.2 Å². The van der Waals surface area contributed by atoms with Gasteiger partial charge in [0.1, 0.15) is 5.75 Å². The Morgan fingerprint density at radius 1 is 1.11 bits per heavy atom. The minimum atomic E-state index is -0.856. The first-order valence-corrected chi connectivity index (χ1v) is 9.02. The number of ether oxygens (including phenoxy) is 1. The average molecular weight is 447 g/mol. The quantitative estimate of drug-likeness (QED) is 0.358. The average Bonchev–Trinajstić information content (AvgIpc) is 2.69. The van der Waals surface area contributed by atoms with Gasteiger partial charge >= 0.3 is 11.8 Å². The summed E-state index contributed by atoms with van der Waals surface area (Å²) < 4.78 is 6.42. The number of hydrazone groups is 1. The van der Waals surface area contributed by atoms with Crippen molar-refractivity contribution in [2.75, 3.05) is 19.0 Å². The largest absolute Gasteiger partial charge is 0.484 e. The maximum Gasteiger partial charge on any atom is 0.329 e. The van der Waals surface area contributed by atoms with Crippen LogP contribution in [0.1, 0.15) is 11.1 Å². The zero-order chi connectivity index (χ0) is 20.5. The van der Waals surface area contributed by atoms with Crippen LogP contribution >= 0.6 is 15.9 Å². The van der Waals surface area contributed by atoms with E-state index in [1.54, 1.807) is 30.3 Å². The molecule has 2 aromatic carbocycles. The molecule has 0 bridgehead atoms. The van der Waals surface area contributed by atoms with E-state index in [0.717, 1.165) is 10.0 Å². The van der Waals surface area contributed by atoms with Gasteiger partial charge in [0.2, 0.25) is 0 Å². The Bertz CT molecular complexity index is 897. The van der Waals surface area contributed by atoms with Crippen LogP contribution in [0.4, 0.5) is 5.69 Å². The summed E-state index contributed by atoms with van der Waals surface area (Å²) in [4.78, 5) is 34.3. The van der Waals surface area contributed by atoms with Crippen LogP contribution in [0.25, 0.3) is 0 Å². The molecule has 0 aliphatic rings. The standard InChI is InChI=1S/C19H19BrN4O4/c1-12-9-14(5-8-16(12)20)23-17(25)11-28-15-6-3-13(4-7-15)10-22-24-19(27)18(26)21-2/h3-10H,11H2,1-2H3,(H,21,26)(H,23,25)(H,24,27)/b22-10-. The Labute approximate surface area is 170 Å². The molecule has 0 atom stereocenters. The van der Waals surface area contributed by atoms with Gasteiger partial charge in [-0.1, -0.05) is 15.9 Å². The summed E-state index contributed by atoms with van der Waals surface area (Å²) in [5.41, 5.74) is 4.49. The minimum Gasteiger partial charge on any atom is -0.484 e. The van der Waals surface area contributed by atoms with Crippen molar-refractivity contribution < 1.29 is 19.1 Å². The number of anilines is 1. The zero-order valence-corrected chi connectivity index (χ0v) is 16.9. The summed E-state index contributed by atoms with van der Waals surface area (Å²) in [6.07, 6.45) is 1.38. The fraction of sp³-hybridized carbons (Fsp3) is 0.158. The van der Waals surface area contributed by atoms with Crippen LogP contribution in [0.5, 0.6) is 5.75 Å². The number of nitrogens with one attached hydrogen (secondary N) is 3. The number of carbonyl (C=O) groups excluding carboxylic acids is 3. The molecule has 0 saturated carbocycles. The molecule has 3 amide bonds. The molecule has 0 aromatic heterocycles. The van der Waals surface area contributed by atoms with E-state index in [1.807, 2.05) is 19.1 Å². The summed E-state index contributed by atoms with van der Waals surface area (Å²) in [6.45, 7) is 1.80. The molecule has 2 aromatic rings. The molecule has 0 aliphatic heterocycles. The lowest BCUT2D eigenvalue weighted by molar-refractivity contribution is -0.138. The lowest BCUT2D eigenvalue weighted by atomic mass is 10.2. The van der Waals surface area contributed by atoms with E-state index in [4.69, 9.17) is 4.74 Å². The Morgan fingerprint density at radius 2 is 1.82 bits per heavy atom. The Hall–Kier alpha value is -3.20. The van der Waals surface area contributed by atoms with E-state index in [0.29, 0.717) is 17.0 Å². The zero-order valence-electron chi connectivity index (χ0n) is 15.3. The highest BCUT2D eigenvalue weighted by Crippen LogP contribution is 2.20. The second kappa shape index (κ2) is 10.2. The van der Waals surface area contributed by atoms with Crippen LogP contribution in [0, 0.1) is 6.92 Å². The lowest BCUT2D eigenvalue weighted by Crippen LogP contribution is -2.35. The third-order valence-corrected chi connectivity index (χ3v) is 4.39. The molecule has 146 valence electrons. The second-order valence-corrected chi connectivity index (χ2v) is 6.50. The summed E-state index contributed by atoms with van der Waals surface area (Å²) >= 11 is 3.41. The van der Waals surface area contributed by atoms with Gasteiger partial charge in [-0.2, -0.15) is 5.10 Å². The van der Waals surface area contributed by atoms with Crippen molar-refractivity contribution in [1.82, 2.24) is 10.7 Å². The van der Waals surface area contributed by atoms with Gasteiger partial charge in [-0.15, -0.1) is 0 Å². The highest BCUT2D eigenvalue weighted by molar-refractivity contribution is 9.10. The number of likely N-dealkylation sites (N-methyl/N-ethyl adjacent to an activating group) is 1. The molecule has 28 heavy (non-hydrogen) atoms. The molecular weight excluding hydrogens is 428 g/mol. The van der Waals surface area contributed by atoms with Crippen LogP contribution in [0.15, 0.2) is 52.0 Å². The van der Waals surface area contributed by atoms with Gasteiger partial charge in [0.15, 0.2) is 6.61 Å². The van der Waals surface area contributed by atoms with Crippen molar-refractivity contribution >= 4 is 45.6 Å². The number of halogens is 1. The third kappa shape index (κ3) is 6.51. The topological polar surface area (TPSA) is 109 Å². The second-order valence-electron chi connectivity index (χ2n) is 5.65. The van der Waals surface area contributed by atoms with Gasteiger partial charge in [0.25, 0.3) is 5.91 Å². The number of hydrogen-bond donors (Lipinski definition) is 3. The van der Waals surface area contributed by atoms with Crippen molar-refractivity contribution in [3.8, 4) is 5.75 Å². The number of aryl methyl sites for hydroxylation is 1. The fourth-order valence-electron chi connectivity index (χ4n) is 2.05. The molecule has 0 unspecified atom stereocenters. The molecular formula is C19H19BrN4O4. The predicted molar refractivity (Wildman–Crippen MR) is 109 cm³/mol. The van der Waals surface area contributed by atoms with Gasteiger partial charge in [-0.3, -0.25) is 14.4 Å². The van der Waals surface area contributed by atoms with Crippen LogP contribution in [-0.4, -0.2) is 37.6 Å². The first kappa shape index (κ1) is 21.1. The highest BCUT2D eigenvalue weighted by Gasteiger charge is 2.09. The molecule has 0 spiro atoms. The summed E-state index contributed by atoms with van der Waals surface area (Å²) in [6, 6.07) is 12.2. The van der Waals surface area contributed by atoms with Gasteiger partial charge in [-0.25, -0.2) is 5.43 Å². The SMILES string of the molecule is CNC(=O)C(=O)N/N=C\c1ccc(OCC(=O)Nc2ccc(Br)c(C)c2)cc1. The van der Waals surface area contributed by atoms with E-state index in [9.17, 15) is 14.4 Å². The summed E-state index contributed by atoms with van der Waals surface area (Å²) in [5, 5.41) is 8.63. The summed E-state index contributed by atoms with van der Waals surface area (Å²) in [5.74, 6) is -1.40. The van der Waals surface area contributed by atoms with Crippen molar-refractivity contribution in [2.45, 2.75) is 6.92 Å². The first-order valence-electron chi connectivity index (χ1n) is 8.23. The Morgan fingerprint density at radius 3 is 2.46 bits per heavy atom. The maximum absolute atomic E-state index is 12.0. The molecule has 9 heteroatoms. The fourth-order valence-corrected chi connectivity index (χ4v) is 2.29. The number of carbonyl (C=O) groups is 3. The monoisotopic (exact) mass is 446 g/mol. The van der Waals surface area contributed by atoms with Crippen molar-refractivity contribution in [1.29, 1.82) is 0 Å². The number of amides is 3. The minimum absolute atomic E-state index is 0.134. The molecule has 0 aliphatic carbocycles. The van der Waals surface area contributed by atoms with Gasteiger partial charge in [-0.05, 0) is 60.5 Å². The molecule has 0 heterocycles. The van der Waals surface area contributed by atoms with E-state index in [-0.39, 0.29) is 12.5 Å². The molecule has 0 radical (unpaired) electrons. The number of hydrogen-bond acceptors (Lipinski definition) is 5. The van der Waals surface area contributed by atoms with Crippen LogP contribution in [0.3, 0.4) is 0 Å². The number of rotatable bonds is 6. The van der Waals surface area contributed by atoms with Gasteiger partial charge < -0.3 is 15.4 Å². The normalized spacial score (nSPS) is 10.4. The smallest absolute Gasteiger partial charge is 0.329 e. The maximum atomic E-state index is 12.0. The Kier molecular flexibility index (Phi) is 7.70. The predicted octanol–water partition coefficient (Wildman–Crippen LogP) is 1.97. The molecule has 3 N–H and O–H groups in total. The van der Waals surface area contributed by atoms with Crippen molar-refractivity contribution in [3.63, 3.8) is 0 Å². The van der Waals surface area contributed by atoms with E-state index >= 15 is 0 Å². The van der Waals surface area contributed by atoms with Crippen LogP contribution in [0.2, 0.25) is 0 Å². The molecule has 0 fully saturated rings. The molecule has 2 rings (SSSR count). The Balaban J connectivity index is 1.81. The van der Waals surface area contributed by atoms with E-state index < -0.39 is 11.8 Å². The van der Waals surface area contributed by atoms with E-state index in [1.165, 1.54) is 13.3 Å². The van der Waals surface area contributed by atoms with Crippen molar-refractivity contribution in [3.05, 3.63) is 58.1 Å². The number of benzene rings is 2. The molecule has 0 saturated heterocycles. The van der Waals surface area contributed by atoms with Crippen molar-refractivity contribution in [2.24, 2.45) is 5.10 Å². The third-order valence-electron chi connectivity index (χ3n) is 3.50. The van der Waals surface area contributed by atoms with Gasteiger partial charge in [0.05, 0.1) is 6.21 Å². The molecule has 8 nitrogen and oxygen atoms in total. The highest BCUT2D eigenvalue weighted by atomic mass is 79.9. The number of nitrogens with zero attached hydrogens (tertiary/aromatic N) is 1. The van der Waals surface area contributed by atoms with Crippen LogP contribution in [-0.2, 0) is 14.4 Å². The lowest BCUT2D eigenvalue weighted by Gasteiger charge is -2.09. The first-order chi connectivity index (χ1) is 13.4.